The molecule has 1 aromatic carbocycles. The van der Waals surface area contributed by atoms with E-state index in [1.54, 1.807) is 12.1 Å². The van der Waals surface area contributed by atoms with Crippen molar-refractivity contribution in [2.75, 3.05) is 0 Å². The highest BCUT2D eigenvalue weighted by Gasteiger charge is 2.16. The minimum absolute atomic E-state index is 0.139. The predicted octanol–water partition coefficient (Wildman–Crippen LogP) is 3.89. The lowest BCUT2D eigenvalue weighted by Gasteiger charge is -2.05. The van der Waals surface area contributed by atoms with E-state index in [1.165, 1.54) is 23.5 Å². The van der Waals surface area contributed by atoms with Crippen molar-refractivity contribution in [3.63, 3.8) is 0 Å². The molecule has 1 heterocycles. The molecule has 0 radical (unpaired) electrons. The average molecular weight is 281 g/mol. The van der Waals surface area contributed by atoms with Gasteiger partial charge in [0.15, 0.2) is 6.29 Å². The third-order valence-corrected chi connectivity index (χ3v) is 3.70. The SMILES string of the molecule is Cc1cc(-c2cc(Cl)ccc2C(=O)O)c(C=O)s1. The Hall–Kier alpha value is -1.65. The normalized spacial score (nSPS) is 10.3. The van der Waals surface area contributed by atoms with Crippen molar-refractivity contribution < 1.29 is 14.7 Å². The maximum absolute atomic E-state index is 11.2. The van der Waals surface area contributed by atoms with E-state index in [0.717, 1.165) is 11.2 Å². The highest BCUT2D eigenvalue weighted by molar-refractivity contribution is 7.14. The minimum Gasteiger partial charge on any atom is -0.478 e. The van der Waals surface area contributed by atoms with Crippen LogP contribution in [0.1, 0.15) is 24.9 Å². The molecule has 5 heteroatoms. The van der Waals surface area contributed by atoms with Crippen LogP contribution in [0.5, 0.6) is 0 Å². The fourth-order valence-electron chi connectivity index (χ4n) is 1.76. The molecule has 3 nitrogen and oxygen atoms in total. The second-order valence-corrected chi connectivity index (χ2v) is 5.47. The van der Waals surface area contributed by atoms with Gasteiger partial charge in [-0.15, -0.1) is 11.3 Å². The number of aryl methyl sites for hydroxylation is 1. The van der Waals surface area contributed by atoms with E-state index < -0.39 is 5.97 Å². The van der Waals surface area contributed by atoms with E-state index in [1.807, 2.05) is 6.92 Å². The van der Waals surface area contributed by atoms with Crippen LogP contribution in [-0.2, 0) is 0 Å². The van der Waals surface area contributed by atoms with Gasteiger partial charge in [0, 0.05) is 15.5 Å². The zero-order valence-electron chi connectivity index (χ0n) is 9.44. The van der Waals surface area contributed by atoms with Crippen molar-refractivity contribution in [1.82, 2.24) is 0 Å². The monoisotopic (exact) mass is 280 g/mol. The second-order valence-electron chi connectivity index (χ2n) is 3.75. The number of carboxylic acids is 1. The molecule has 1 aromatic heterocycles. The lowest BCUT2D eigenvalue weighted by Crippen LogP contribution is -1.99. The molecule has 0 bridgehead atoms. The fraction of sp³-hybridized carbons (Fsp3) is 0.0769. The first kappa shape index (κ1) is 12.8. The summed E-state index contributed by atoms with van der Waals surface area (Å²) in [5.41, 5.74) is 1.23. The van der Waals surface area contributed by atoms with Crippen LogP contribution in [0.4, 0.5) is 0 Å². The number of aldehydes is 1. The van der Waals surface area contributed by atoms with Gasteiger partial charge in [-0.1, -0.05) is 11.6 Å². The number of benzene rings is 1. The van der Waals surface area contributed by atoms with Gasteiger partial charge in [-0.3, -0.25) is 4.79 Å². The van der Waals surface area contributed by atoms with E-state index in [9.17, 15) is 9.59 Å². The van der Waals surface area contributed by atoms with Crippen LogP contribution in [0.3, 0.4) is 0 Å². The van der Waals surface area contributed by atoms with Gasteiger partial charge >= 0.3 is 5.97 Å². The molecule has 0 atom stereocenters. The van der Waals surface area contributed by atoms with Crippen molar-refractivity contribution in [3.8, 4) is 11.1 Å². The predicted molar refractivity (Wildman–Crippen MR) is 71.8 cm³/mol. The number of aromatic carboxylic acids is 1. The topological polar surface area (TPSA) is 54.4 Å². The third kappa shape index (κ3) is 2.30. The van der Waals surface area contributed by atoms with Crippen molar-refractivity contribution in [2.24, 2.45) is 0 Å². The molecule has 0 aliphatic carbocycles. The van der Waals surface area contributed by atoms with Gasteiger partial charge in [0.25, 0.3) is 0 Å². The van der Waals surface area contributed by atoms with Crippen LogP contribution in [-0.4, -0.2) is 17.4 Å². The highest BCUT2D eigenvalue weighted by Crippen LogP contribution is 2.34. The summed E-state index contributed by atoms with van der Waals surface area (Å²) >= 11 is 7.23. The van der Waals surface area contributed by atoms with Crippen LogP contribution in [0.2, 0.25) is 5.02 Å². The first-order valence-electron chi connectivity index (χ1n) is 5.11. The molecule has 0 spiro atoms. The Labute approximate surface area is 113 Å². The minimum atomic E-state index is -1.04. The molecule has 0 amide bonds. The Balaban J connectivity index is 2.72. The van der Waals surface area contributed by atoms with Gasteiger partial charge in [-0.2, -0.15) is 0 Å². The summed E-state index contributed by atoms with van der Waals surface area (Å²) in [6.45, 7) is 1.87. The van der Waals surface area contributed by atoms with E-state index in [0.29, 0.717) is 21.0 Å². The van der Waals surface area contributed by atoms with Crippen molar-refractivity contribution in [1.29, 1.82) is 0 Å². The molecule has 0 aliphatic rings. The highest BCUT2D eigenvalue weighted by atomic mass is 35.5. The fourth-order valence-corrected chi connectivity index (χ4v) is 2.78. The maximum Gasteiger partial charge on any atom is 0.336 e. The first-order chi connectivity index (χ1) is 8.52. The lowest BCUT2D eigenvalue weighted by molar-refractivity contribution is 0.0697. The molecule has 18 heavy (non-hydrogen) atoms. The molecule has 2 aromatic rings. The van der Waals surface area contributed by atoms with Crippen LogP contribution in [0.15, 0.2) is 24.3 Å². The van der Waals surface area contributed by atoms with Gasteiger partial charge in [0.2, 0.25) is 0 Å². The van der Waals surface area contributed by atoms with Crippen molar-refractivity contribution in [3.05, 3.63) is 44.6 Å². The van der Waals surface area contributed by atoms with Gasteiger partial charge in [0.05, 0.1) is 10.4 Å². The number of rotatable bonds is 3. The Kier molecular flexibility index (Phi) is 3.50. The molecule has 0 aliphatic heterocycles. The summed E-state index contributed by atoms with van der Waals surface area (Å²) in [4.78, 5) is 23.7. The summed E-state index contributed by atoms with van der Waals surface area (Å²) in [6.07, 6.45) is 0.736. The molecular weight excluding hydrogens is 272 g/mol. The number of carboxylic acid groups (broad SMARTS) is 1. The van der Waals surface area contributed by atoms with Crippen LogP contribution in [0.25, 0.3) is 11.1 Å². The van der Waals surface area contributed by atoms with E-state index in [4.69, 9.17) is 16.7 Å². The number of thiophene rings is 1. The smallest absolute Gasteiger partial charge is 0.336 e. The van der Waals surface area contributed by atoms with Crippen molar-refractivity contribution >= 4 is 35.2 Å². The first-order valence-corrected chi connectivity index (χ1v) is 6.31. The second kappa shape index (κ2) is 4.92. The Bertz CT molecular complexity index is 631. The molecule has 92 valence electrons. The van der Waals surface area contributed by atoms with Crippen LogP contribution >= 0.6 is 22.9 Å². The quantitative estimate of drug-likeness (QED) is 0.868. The summed E-state index contributed by atoms with van der Waals surface area (Å²) in [7, 11) is 0. The summed E-state index contributed by atoms with van der Waals surface area (Å²) in [5, 5.41) is 9.60. The molecular formula is C13H9ClO3S. The Morgan fingerprint density at radius 1 is 1.33 bits per heavy atom. The van der Waals surface area contributed by atoms with Crippen LogP contribution < -0.4 is 0 Å². The van der Waals surface area contributed by atoms with Gasteiger partial charge in [0.1, 0.15) is 0 Å². The number of hydrogen-bond acceptors (Lipinski definition) is 3. The van der Waals surface area contributed by atoms with Crippen LogP contribution in [0, 0.1) is 6.92 Å². The number of hydrogen-bond donors (Lipinski definition) is 1. The van der Waals surface area contributed by atoms with E-state index in [-0.39, 0.29) is 5.56 Å². The third-order valence-electron chi connectivity index (χ3n) is 2.49. The molecule has 0 saturated carbocycles. The van der Waals surface area contributed by atoms with Gasteiger partial charge < -0.3 is 5.11 Å². The van der Waals surface area contributed by atoms with Gasteiger partial charge in [-0.05, 0) is 36.8 Å². The van der Waals surface area contributed by atoms with E-state index in [2.05, 4.69) is 0 Å². The number of halogens is 1. The maximum atomic E-state index is 11.2. The average Bonchev–Trinajstić information content (AvgIpc) is 2.69. The Morgan fingerprint density at radius 2 is 2.06 bits per heavy atom. The largest absolute Gasteiger partial charge is 0.478 e. The zero-order valence-corrected chi connectivity index (χ0v) is 11.0. The molecule has 0 unspecified atom stereocenters. The lowest BCUT2D eigenvalue weighted by atomic mass is 10.00. The zero-order chi connectivity index (χ0) is 13.3. The van der Waals surface area contributed by atoms with E-state index >= 15 is 0 Å². The molecule has 0 fully saturated rings. The summed E-state index contributed by atoms with van der Waals surface area (Å²) in [6, 6.07) is 6.34. The summed E-state index contributed by atoms with van der Waals surface area (Å²) < 4.78 is 0. The van der Waals surface area contributed by atoms with Gasteiger partial charge in [-0.25, -0.2) is 4.79 Å². The molecule has 1 N–H and O–H groups in total. The summed E-state index contributed by atoms with van der Waals surface area (Å²) in [5.74, 6) is -1.04. The molecule has 0 saturated heterocycles. The molecule has 2 rings (SSSR count). The number of carbonyl (C=O) groups is 2. The standard InChI is InChI=1S/C13H9ClO3S/c1-7-4-11(12(6-15)18-7)10-5-8(14)2-3-9(10)13(16)17/h2-6H,1H3,(H,16,17). The number of carbonyl (C=O) groups excluding carboxylic acids is 1. The Morgan fingerprint density at radius 3 is 2.67 bits per heavy atom. The van der Waals surface area contributed by atoms with Crippen molar-refractivity contribution in [2.45, 2.75) is 6.92 Å².